The van der Waals surface area contributed by atoms with Crippen molar-refractivity contribution < 1.29 is 4.79 Å². The first-order valence-corrected chi connectivity index (χ1v) is 7.41. The zero-order valence-corrected chi connectivity index (χ0v) is 12.5. The molecular formula is C16H25N3O. The van der Waals surface area contributed by atoms with E-state index in [-0.39, 0.29) is 5.91 Å². The van der Waals surface area contributed by atoms with Gasteiger partial charge in [-0.2, -0.15) is 0 Å². The van der Waals surface area contributed by atoms with Gasteiger partial charge in [-0.3, -0.25) is 9.69 Å². The summed E-state index contributed by atoms with van der Waals surface area (Å²) in [6.45, 7) is 4.51. The number of piperidine rings is 1. The van der Waals surface area contributed by atoms with Crippen molar-refractivity contribution in [1.82, 2.24) is 4.90 Å². The third kappa shape index (κ3) is 3.58. The van der Waals surface area contributed by atoms with Crippen molar-refractivity contribution in [2.24, 2.45) is 11.7 Å². The molecule has 1 aliphatic heterocycles. The van der Waals surface area contributed by atoms with E-state index in [1.807, 2.05) is 37.4 Å². The molecule has 1 saturated heterocycles. The first-order chi connectivity index (χ1) is 9.61. The molecule has 110 valence electrons. The summed E-state index contributed by atoms with van der Waals surface area (Å²) >= 11 is 0. The topological polar surface area (TPSA) is 49.6 Å². The van der Waals surface area contributed by atoms with E-state index in [0.29, 0.717) is 18.5 Å². The Morgan fingerprint density at radius 3 is 2.75 bits per heavy atom. The van der Waals surface area contributed by atoms with Crippen LogP contribution >= 0.6 is 0 Å². The highest BCUT2D eigenvalue weighted by molar-refractivity contribution is 5.94. The number of amides is 1. The molecule has 1 aliphatic rings. The average Bonchev–Trinajstić information content (AvgIpc) is 2.49. The standard InChI is InChI=1S/C16H25N3O/c1-3-13-11-19(10-9-15(13)17)12-16(20)18(2)14-7-5-4-6-8-14/h4-8,13,15H,3,9-12,17H2,1-2H3. The zero-order chi connectivity index (χ0) is 14.5. The van der Waals surface area contributed by atoms with E-state index in [2.05, 4.69) is 11.8 Å². The van der Waals surface area contributed by atoms with Gasteiger partial charge in [0, 0.05) is 31.9 Å². The van der Waals surface area contributed by atoms with Crippen LogP contribution in [0, 0.1) is 5.92 Å². The summed E-state index contributed by atoms with van der Waals surface area (Å²) in [4.78, 5) is 16.3. The minimum absolute atomic E-state index is 0.140. The molecule has 2 unspecified atom stereocenters. The summed E-state index contributed by atoms with van der Waals surface area (Å²) in [5.74, 6) is 0.653. The van der Waals surface area contributed by atoms with Gasteiger partial charge in [0.15, 0.2) is 0 Å². The fraction of sp³-hybridized carbons (Fsp3) is 0.562. The van der Waals surface area contributed by atoms with Crippen molar-refractivity contribution in [3.05, 3.63) is 30.3 Å². The van der Waals surface area contributed by atoms with Gasteiger partial charge in [0.1, 0.15) is 0 Å². The Balaban J connectivity index is 1.91. The van der Waals surface area contributed by atoms with Crippen molar-refractivity contribution in [3.63, 3.8) is 0 Å². The van der Waals surface area contributed by atoms with E-state index < -0.39 is 0 Å². The molecule has 0 radical (unpaired) electrons. The van der Waals surface area contributed by atoms with Crippen molar-refractivity contribution in [2.45, 2.75) is 25.8 Å². The number of carbonyl (C=O) groups excluding carboxylic acids is 1. The van der Waals surface area contributed by atoms with Crippen LogP contribution in [0.5, 0.6) is 0 Å². The van der Waals surface area contributed by atoms with Gasteiger partial charge in [-0.15, -0.1) is 0 Å². The maximum absolute atomic E-state index is 12.3. The number of likely N-dealkylation sites (tertiary alicyclic amines) is 1. The molecule has 0 aliphatic carbocycles. The number of nitrogens with two attached hydrogens (primary N) is 1. The van der Waals surface area contributed by atoms with Gasteiger partial charge in [-0.05, 0) is 24.5 Å². The van der Waals surface area contributed by atoms with Crippen LogP contribution in [-0.4, -0.2) is 43.5 Å². The van der Waals surface area contributed by atoms with Crippen molar-refractivity contribution in [1.29, 1.82) is 0 Å². The molecule has 1 amide bonds. The number of nitrogens with zero attached hydrogens (tertiary/aromatic N) is 2. The molecule has 1 heterocycles. The lowest BCUT2D eigenvalue weighted by molar-refractivity contribution is -0.120. The second-order valence-electron chi connectivity index (χ2n) is 5.64. The number of hydrogen-bond donors (Lipinski definition) is 1. The summed E-state index contributed by atoms with van der Waals surface area (Å²) in [5.41, 5.74) is 7.05. The molecule has 0 spiro atoms. The number of anilines is 1. The summed E-state index contributed by atoms with van der Waals surface area (Å²) in [6.07, 6.45) is 2.07. The molecule has 0 aromatic heterocycles. The van der Waals surface area contributed by atoms with Gasteiger partial charge in [0.2, 0.25) is 5.91 Å². The van der Waals surface area contributed by atoms with Crippen molar-refractivity contribution in [3.8, 4) is 0 Å². The van der Waals surface area contributed by atoms with Crippen LogP contribution in [-0.2, 0) is 4.79 Å². The molecule has 2 rings (SSSR count). The van der Waals surface area contributed by atoms with Gasteiger partial charge in [-0.25, -0.2) is 0 Å². The number of rotatable bonds is 4. The van der Waals surface area contributed by atoms with Gasteiger partial charge in [0.25, 0.3) is 0 Å². The monoisotopic (exact) mass is 275 g/mol. The molecule has 0 bridgehead atoms. The summed E-state index contributed by atoms with van der Waals surface area (Å²) in [6, 6.07) is 10.1. The molecule has 2 atom stereocenters. The van der Waals surface area contributed by atoms with Crippen LogP contribution in [0.25, 0.3) is 0 Å². The van der Waals surface area contributed by atoms with Crippen LogP contribution in [0.2, 0.25) is 0 Å². The number of likely N-dealkylation sites (N-methyl/N-ethyl adjacent to an activating group) is 1. The van der Waals surface area contributed by atoms with Crippen LogP contribution < -0.4 is 10.6 Å². The van der Waals surface area contributed by atoms with Crippen LogP contribution in [0.15, 0.2) is 30.3 Å². The first kappa shape index (κ1) is 15.0. The minimum atomic E-state index is 0.140. The quantitative estimate of drug-likeness (QED) is 0.910. The number of hydrogen-bond acceptors (Lipinski definition) is 3. The van der Waals surface area contributed by atoms with E-state index in [9.17, 15) is 4.79 Å². The SMILES string of the molecule is CCC1CN(CC(=O)N(C)c2ccccc2)CCC1N. The Kier molecular flexibility index (Phi) is 5.15. The number of benzene rings is 1. The Morgan fingerprint density at radius 2 is 2.10 bits per heavy atom. The molecule has 2 N–H and O–H groups in total. The predicted octanol–water partition coefficient (Wildman–Crippen LogP) is 1.71. The molecule has 1 fully saturated rings. The fourth-order valence-corrected chi connectivity index (χ4v) is 2.79. The number of para-hydroxylation sites is 1. The molecule has 4 heteroatoms. The second kappa shape index (κ2) is 6.86. The van der Waals surface area contributed by atoms with Gasteiger partial charge < -0.3 is 10.6 Å². The molecule has 0 saturated carbocycles. The van der Waals surface area contributed by atoms with Gasteiger partial charge in [-0.1, -0.05) is 31.5 Å². The van der Waals surface area contributed by atoms with Gasteiger partial charge >= 0.3 is 0 Å². The normalized spacial score (nSPS) is 23.6. The van der Waals surface area contributed by atoms with Crippen LogP contribution in [0.3, 0.4) is 0 Å². The highest BCUT2D eigenvalue weighted by atomic mass is 16.2. The van der Waals surface area contributed by atoms with E-state index in [0.717, 1.165) is 31.6 Å². The van der Waals surface area contributed by atoms with E-state index >= 15 is 0 Å². The zero-order valence-electron chi connectivity index (χ0n) is 12.5. The van der Waals surface area contributed by atoms with E-state index in [4.69, 9.17) is 5.73 Å². The van der Waals surface area contributed by atoms with Crippen LogP contribution in [0.4, 0.5) is 5.69 Å². The number of carbonyl (C=O) groups is 1. The highest BCUT2D eigenvalue weighted by Crippen LogP contribution is 2.19. The Labute approximate surface area is 121 Å². The van der Waals surface area contributed by atoms with E-state index in [1.165, 1.54) is 0 Å². The predicted molar refractivity (Wildman–Crippen MR) is 82.7 cm³/mol. The highest BCUT2D eigenvalue weighted by Gasteiger charge is 2.27. The third-order valence-electron chi connectivity index (χ3n) is 4.28. The van der Waals surface area contributed by atoms with E-state index in [1.54, 1.807) is 4.90 Å². The van der Waals surface area contributed by atoms with Crippen molar-refractivity contribution >= 4 is 11.6 Å². The lowest BCUT2D eigenvalue weighted by Crippen LogP contribution is -2.49. The summed E-state index contributed by atoms with van der Waals surface area (Å²) in [5, 5.41) is 0. The first-order valence-electron chi connectivity index (χ1n) is 7.41. The minimum Gasteiger partial charge on any atom is -0.327 e. The summed E-state index contributed by atoms with van der Waals surface area (Å²) < 4.78 is 0. The average molecular weight is 275 g/mol. The maximum atomic E-state index is 12.3. The molecule has 4 nitrogen and oxygen atoms in total. The largest absolute Gasteiger partial charge is 0.327 e. The summed E-state index contributed by atoms with van der Waals surface area (Å²) in [7, 11) is 1.84. The third-order valence-corrected chi connectivity index (χ3v) is 4.28. The smallest absolute Gasteiger partial charge is 0.240 e. The molecule has 1 aromatic carbocycles. The Hall–Kier alpha value is -1.39. The fourth-order valence-electron chi connectivity index (χ4n) is 2.79. The molecule has 1 aromatic rings. The Morgan fingerprint density at radius 1 is 1.40 bits per heavy atom. The lowest BCUT2D eigenvalue weighted by atomic mass is 9.91. The maximum Gasteiger partial charge on any atom is 0.240 e. The second-order valence-corrected chi connectivity index (χ2v) is 5.64. The van der Waals surface area contributed by atoms with Crippen molar-refractivity contribution in [2.75, 3.05) is 31.6 Å². The Bertz CT molecular complexity index is 435. The molecular weight excluding hydrogens is 250 g/mol. The molecule has 20 heavy (non-hydrogen) atoms. The van der Waals surface area contributed by atoms with Crippen LogP contribution in [0.1, 0.15) is 19.8 Å². The lowest BCUT2D eigenvalue weighted by Gasteiger charge is -2.36. The van der Waals surface area contributed by atoms with Gasteiger partial charge in [0.05, 0.1) is 6.54 Å².